The highest BCUT2D eigenvalue weighted by Gasteiger charge is 2.18. The van der Waals surface area contributed by atoms with Crippen LogP contribution >= 0.6 is 0 Å². The van der Waals surface area contributed by atoms with Crippen molar-refractivity contribution >= 4 is 10.0 Å². The van der Waals surface area contributed by atoms with Crippen LogP contribution in [0.5, 0.6) is 0 Å². The molecule has 134 valence electrons. The lowest BCUT2D eigenvalue weighted by atomic mass is 9.92. The van der Waals surface area contributed by atoms with E-state index in [1.165, 1.54) is 17.5 Å². The summed E-state index contributed by atoms with van der Waals surface area (Å²) in [4.78, 5) is 5.16. The fraction of sp³-hybridized carbons (Fsp3) is 0.667. The maximum absolute atomic E-state index is 12.5. The molecule has 1 fully saturated rings. The van der Waals surface area contributed by atoms with Crippen LogP contribution in [0.2, 0.25) is 0 Å². The molecule has 0 atom stereocenters. The molecule has 0 aromatic heterocycles. The van der Waals surface area contributed by atoms with Crippen molar-refractivity contribution in [1.29, 1.82) is 0 Å². The van der Waals surface area contributed by atoms with E-state index in [-0.39, 0.29) is 0 Å². The highest BCUT2D eigenvalue weighted by Crippen LogP contribution is 2.24. The molecule has 1 N–H and O–H groups in total. The second-order valence-electron chi connectivity index (χ2n) is 7.03. The fourth-order valence-corrected chi connectivity index (χ4v) is 4.67. The minimum absolute atomic E-state index is 0.419. The predicted molar refractivity (Wildman–Crippen MR) is 96.8 cm³/mol. The van der Waals surface area contributed by atoms with Gasteiger partial charge in [-0.05, 0) is 69.0 Å². The second kappa shape index (κ2) is 7.95. The molecular formula is C18H29N3O2S. The maximum Gasteiger partial charge on any atom is 0.240 e. The number of sulfonamides is 1. The summed E-state index contributed by atoms with van der Waals surface area (Å²) in [7, 11) is -1.24. The van der Waals surface area contributed by atoms with Gasteiger partial charge < -0.3 is 9.80 Å². The van der Waals surface area contributed by atoms with E-state index in [0.717, 1.165) is 58.4 Å². The lowest BCUT2D eigenvalue weighted by Gasteiger charge is -2.32. The Morgan fingerprint density at radius 2 is 1.75 bits per heavy atom. The average Bonchev–Trinajstić information content (AvgIpc) is 2.60. The van der Waals surface area contributed by atoms with Gasteiger partial charge in [0.15, 0.2) is 0 Å². The van der Waals surface area contributed by atoms with Gasteiger partial charge in [-0.1, -0.05) is 6.07 Å². The molecule has 0 unspecified atom stereocenters. The van der Waals surface area contributed by atoms with E-state index in [1.807, 2.05) is 12.1 Å². The normalized spacial score (nSPS) is 20.0. The van der Waals surface area contributed by atoms with Gasteiger partial charge in [0.1, 0.15) is 0 Å². The number of nitrogens with one attached hydrogen (secondary N) is 1. The number of likely N-dealkylation sites (N-methyl/N-ethyl adjacent to an activating group) is 1. The van der Waals surface area contributed by atoms with Crippen molar-refractivity contribution in [2.45, 2.75) is 37.0 Å². The molecule has 1 heterocycles. The first-order valence-electron chi connectivity index (χ1n) is 9.07. The lowest BCUT2D eigenvalue weighted by molar-refractivity contribution is 0.153. The predicted octanol–water partition coefficient (Wildman–Crippen LogP) is 1.48. The Morgan fingerprint density at radius 3 is 2.50 bits per heavy atom. The number of benzene rings is 1. The fourth-order valence-electron chi connectivity index (χ4n) is 3.54. The summed E-state index contributed by atoms with van der Waals surface area (Å²) in [5, 5.41) is 0. The van der Waals surface area contributed by atoms with Crippen molar-refractivity contribution in [1.82, 2.24) is 14.5 Å². The highest BCUT2D eigenvalue weighted by atomic mass is 32.2. The van der Waals surface area contributed by atoms with Crippen LogP contribution in [0.15, 0.2) is 23.1 Å². The largest absolute Gasteiger partial charge is 0.304 e. The van der Waals surface area contributed by atoms with Crippen molar-refractivity contribution in [2.24, 2.45) is 0 Å². The van der Waals surface area contributed by atoms with Crippen LogP contribution in [-0.2, 0) is 22.9 Å². The van der Waals surface area contributed by atoms with E-state index < -0.39 is 10.0 Å². The van der Waals surface area contributed by atoms with Crippen LogP contribution in [0.3, 0.4) is 0 Å². The van der Waals surface area contributed by atoms with Gasteiger partial charge in [-0.2, -0.15) is 0 Å². The smallest absolute Gasteiger partial charge is 0.240 e. The van der Waals surface area contributed by atoms with Crippen LogP contribution in [0.1, 0.15) is 30.4 Å². The van der Waals surface area contributed by atoms with Gasteiger partial charge in [-0.3, -0.25) is 0 Å². The van der Waals surface area contributed by atoms with Crippen LogP contribution in [0, 0.1) is 0 Å². The molecule has 2 aliphatic rings. The zero-order chi connectivity index (χ0) is 17.0. The third-order valence-electron chi connectivity index (χ3n) is 5.17. The molecule has 1 aliphatic carbocycles. The molecule has 1 saturated heterocycles. The van der Waals surface area contributed by atoms with Crippen LogP contribution in [-0.4, -0.2) is 64.5 Å². The molecule has 0 amide bonds. The lowest BCUT2D eigenvalue weighted by Crippen LogP contribution is -2.45. The monoisotopic (exact) mass is 351 g/mol. The summed E-state index contributed by atoms with van der Waals surface area (Å²) in [5.41, 5.74) is 2.52. The number of piperazine rings is 1. The average molecular weight is 352 g/mol. The number of fused-ring (bicyclic) bond motifs is 1. The molecule has 1 aliphatic heterocycles. The molecule has 5 nitrogen and oxygen atoms in total. The van der Waals surface area contributed by atoms with E-state index in [1.54, 1.807) is 6.07 Å². The van der Waals surface area contributed by atoms with Crippen molar-refractivity contribution in [3.63, 3.8) is 0 Å². The third-order valence-corrected chi connectivity index (χ3v) is 6.63. The minimum atomic E-state index is -3.38. The summed E-state index contributed by atoms with van der Waals surface area (Å²) >= 11 is 0. The molecule has 0 bridgehead atoms. The van der Waals surface area contributed by atoms with Gasteiger partial charge >= 0.3 is 0 Å². The number of hydrogen-bond donors (Lipinski definition) is 1. The number of rotatable bonds is 6. The van der Waals surface area contributed by atoms with Crippen molar-refractivity contribution in [3.8, 4) is 0 Å². The number of hydrogen-bond acceptors (Lipinski definition) is 4. The quantitative estimate of drug-likeness (QED) is 0.789. The zero-order valence-corrected chi connectivity index (χ0v) is 15.4. The first kappa shape index (κ1) is 17.9. The summed E-state index contributed by atoms with van der Waals surface area (Å²) in [6, 6.07) is 5.62. The Hall–Kier alpha value is -0.950. The summed E-state index contributed by atoms with van der Waals surface area (Å²) in [5.74, 6) is 0. The summed E-state index contributed by atoms with van der Waals surface area (Å²) in [6.07, 6.45) is 5.31. The molecular weight excluding hydrogens is 322 g/mol. The van der Waals surface area contributed by atoms with Gasteiger partial charge in [0, 0.05) is 32.7 Å². The Balaban J connectivity index is 1.49. The van der Waals surface area contributed by atoms with Gasteiger partial charge in [-0.15, -0.1) is 0 Å². The van der Waals surface area contributed by atoms with Crippen LogP contribution in [0.25, 0.3) is 0 Å². The molecule has 6 heteroatoms. The Bertz CT molecular complexity index is 652. The van der Waals surface area contributed by atoms with E-state index in [9.17, 15) is 8.42 Å². The molecule has 3 rings (SSSR count). The minimum Gasteiger partial charge on any atom is -0.304 e. The van der Waals surface area contributed by atoms with Crippen molar-refractivity contribution in [3.05, 3.63) is 29.3 Å². The van der Waals surface area contributed by atoms with Gasteiger partial charge in [-0.25, -0.2) is 13.1 Å². The van der Waals surface area contributed by atoms with E-state index in [2.05, 4.69) is 21.6 Å². The highest BCUT2D eigenvalue weighted by molar-refractivity contribution is 7.89. The van der Waals surface area contributed by atoms with Gasteiger partial charge in [0.2, 0.25) is 10.0 Å². The van der Waals surface area contributed by atoms with E-state index in [4.69, 9.17) is 0 Å². The van der Waals surface area contributed by atoms with Crippen molar-refractivity contribution in [2.75, 3.05) is 46.3 Å². The van der Waals surface area contributed by atoms with Crippen LogP contribution < -0.4 is 4.72 Å². The molecule has 0 spiro atoms. The first-order chi connectivity index (χ1) is 11.5. The third kappa shape index (κ3) is 4.57. The second-order valence-corrected chi connectivity index (χ2v) is 8.80. The first-order valence-corrected chi connectivity index (χ1v) is 10.6. The number of nitrogens with zero attached hydrogens (tertiary/aromatic N) is 2. The molecule has 1 aromatic rings. The summed E-state index contributed by atoms with van der Waals surface area (Å²) in [6.45, 7) is 5.82. The zero-order valence-electron chi connectivity index (χ0n) is 14.6. The summed E-state index contributed by atoms with van der Waals surface area (Å²) < 4.78 is 27.7. The van der Waals surface area contributed by atoms with Gasteiger partial charge in [0.25, 0.3) is 0 Å². The topological polar surface area (TPSA) is 52.6 Å². The van der Waals surface area contributed by atoms with Crippen molar-refractivity contribution < 1.29 is 8.42 Å². The standard InChI is InChI=1S/C18H29N3O2S/c1-20-11-13-21(14-12-20)10-4-9-19-24(22,23)18-8-7-16-5-2-3-6-17(16)15-18/h7-8,15,19H,2-6,9-14H2,1H3. The Morgan fingerprint density at radius 1 is 1.04 bits per heavy atom. The van der Waals surface area contributed by atoms with Crippen LogP contribution in [0.4, 0.5) is 0 Å². The van der Waals surface area contributed by atoms with Gasteiger partial charge in [0.05, 0.1) is 4.90 Å². The van der Waals surface area contributed by atoms with E-state index in [0.29, 0.717) is 11.4 Å². The molecule has 0 saturated carbocycles. The molecule has 24 heavy (non-hydrogen) atoms. The SMILES string of the molecule is CN1CCN(CCCNS(=O)(=O)c2ccc3c(c2)CCCC3)CC1. The van der Waals surface area contributed by atoms with E-state index >= 15 is 0 Å². The molecule has 0 radical (unpaired) electrons. The Labute approximate surface area is 146 Å². The maximum atomic E-state index is 12.5. The molecule has 1 aromatic carbocycles. The number of aryl methyl sites for hydroxylation is 2. The Kier molecular flexibility index (Phi) is 5.92.